The molecule has 3 rings (SSSR count). The van der Waals surface area contributed by atoms with E-state index in [0.29, 0.717) is 18.1 Å². The van der Waals surface area contributed by atoms with E-state index in [-0.39, 0.29) is 25.9 Å². The Morgan fingerprint density at radius 2 is 1.74 bits per heavy atom. The Hall–Kier alpha value is -2.66. The van der Waals surface area contributed by atoms with Gasteiger partial charge < -0.3 is 30.3 Å². The number of urea groups is 1. The van der Waals surface area contributed by atoms with Crippen molar-refractivity contribution in [1.29, 1.82) is 0 Å². The van der Waals surface area contributed by atoms with Gasteiger partial charge in [-0.05, 0) is 48.4 Å². The molecule has 1 heterocycles. The van der Waals surface area contributed by atoms with Crippen LogP contribution in [0.3, 0.4) is 0 Å². The number of halogens is 1. The summed E-state index contributed by atoms with van der Waals surface area (Å²) in [5, 5.41) is 34.2. The maximum atomic E-state index is 13.4. The maximum Gasteiger partial charge on any atom is 0.318 e. The van der Waals surface area contributed by atoms with Gasteiger partial charge in [0.25, 0.3) is 0 Å². The van der Waals surface area contributed by atoms with Gasteiger partial charge in [-0.3, -0.25) is 0 Å². The summed E-state index contributed by atoms with van der Waals surface area (Å²) in [6.45, 7) is 5.00. The second kappa shape index (κ2) is 10.9. The third-order valence-corrected chi connectivity index (χ3v) is 6.08. The molecule has 2 aromatic carbocycles. The molecule has 0 aromatic heterocycles. The summed E-state index contributed by atoms with van der Waals surface area (Å²) < 4.78 is 19.1. The molecular weight excluding hydrogens is 452 g/mol. The number of ether oxygens (including phenoxy) is 1. The van der Waals surface area contributed by atoms with Gasteiger partial charge in [-0.25, -0.2) is 14.1 Å². The van der Waals surface area contributed by atoms with Gasteiger partial charge in [0.2, 0.25) is 5.91 Å². The first-order valence-corrected chi connectivity index (χ1v) is 11.6. The SMILES string of the molecule is [B]C1(O)CC(N(Cc2ccc(F)cc2)C(=O)NCc2ccc(OCC(C)C)cc2)CC(O)(O)N1C. The zero-order valence-corrected chi connectivity index (χ0v) is 20.3. The van der Waals surface area contributed by atoms with Crippen molar-refractivity contribution in [3.8, 4) is 5.75 Å². The number of carbonyl (C=O) groups is 1. The number of hydrogen-bond donors (Lipinski definition) is 4. The average molecular weight is 485 g/mol. The van der Waals surface area contributed by atoms with E-state index >= 15 is 0 Å². The summed E-state index contributed by atoms with van der Waals surface area (Å²) >= 11 is 0. The maximum absolute atomic E-state index is 13.4. The first-order valence-electron chi connectivity index (χ1n) is 11.6. The van der Waals surface area contributed by atoms with Crippen molar-refractivity contribution in [2.75, 3.05) is 13.7 Å². The lowest BCUT2D eigenvalue weighted by Gasteiger charge is -2.52. The molecule has 4 N–H and O–H groups in total. The molecule has 188 valence electrons. The van der Waals surface area contributed by atoms with Crippen LogP contribution in [0.1, 0.15) is 37.8 Å². The molecule has 0 aliphatic carbocycles. The fraction of sp³-hybridized carbons (Fsp3) is 0.480. The Labute approximate surface area is 206 Å². The van der Waals surface area contributed by atoms with Crippen LogP contribution in [0.2, 0.25) is 0 Å². The number of amides is 2. The summed E-state index contributed by atoms with van der Waals surface area (Å²) in [5.74, 6) is -1.70. The van der Waals surface area contributed by atoms with E-state index in [1.165, 1.54) is 24.1 Å². The molecule has 1 fully saturated rings. The molecule has 0 saturated carbocycles. The lowest BCUT2D eigenvalue weighted by molar-refractivity contribution is -0.327. The van der Waals surface area contributed by atoms with Crippen LogP contribution in [-0.2, 0) is 13.1 Å². The monoisotopic (exact) mass is 485 g/mol. The molecule has 10 heteroatoms. The number of benzene rings is 2. The molecule has 0 spiro atoms. The van der Waals surface area contributed by atoms with Crippen molar-refractivity contribution >= 4 is 13.9 Å². The van der Waals surface area contributed by atoms with Crippen LogP contribution >= 0.6 is 0 Å². The van der Waals surface area contributed by atoms with Gasteiger partial charge in [-0.2, -0.15) is 0 Å². The Balaban J connectivity index is 1.74. The number of piperidine rings is 1. The Morgan fingerprint density at radius 3 is 2.31 bits per heavy atom. The molecule has 2 atom stereocenters. The molecule has 2 aromatic rings. The largest absolute Gasteiger partial charge is 0.493 e. The summed E-state index contributed by atoms with van der Waals surface area (Å²) in [6, 6.07) is 11.7. The number of nitrogens with zero attached hydrogens (tertiary/aromatic N) is 2. The van der Waals surface area contributed by atoms with Crippen molar-refractivity contribution in [2.24, 2.45) is 5.92 Å². The number of rotatable bonds is 8. The zero-order chi connectivity index (χ0) is 25.8. The van der Waals surface area contributed by atoms with Crippen molar-refractivity contribution in [2.45, 2.75) is 57.4 Å². The second-order valence-corrected chi connectivity index (χ2v) is 9.54. The highest BCUT2D eigenvalue weighted by Crippen LogP contribution is 2.34. The van der Waals surface area contributed by atoms with Crippen molar-refractivity contribution in [3.05, 3.63) is 65.5 Å². The minimum Gasteiger partial charge on any atom is -0.493 e. The highest BCUT2D eigenvalue weighted by Gasteiger charge is 2.50. The summed E-state index contributed by atoms with van der Waals surface area (Å²) in [5.41, 5.74) is -0.581. The van der Waals surface area contributed by atoms with Gasteiger partial charge in [0.1, 0.15) is 19.4 Å². The fourth-order valence-corrected chi connectivity index (χ4v) is 3.94. The molecule has 1 aliphatic rings. The lowest BCUT2D eigenvalue weighted by atomic mass is 9.77. The van der Waals surface area contributed by atoms with Gasteiger partial charge >= 0.3 is 6.03 Å². The molecule has 1 aliphatic heterocycles. The molecule has 2 radical (unpaired) electrons. The molecule has 1 saturated heterocycles. The number of nitrogens with one attached hydrogen (secondary N) is 1. The molecule has 8 nitrogen and oxygen atoms in total. The molecule has 0 bridgehead atoms. The molecule has 2 amide bonds. The van der Waals surface area contributed by atoms with Crippen LogP contribution in [0.25, 0.3) is 0 Å². The van der Waals surface area contributed by atoms with Crippen LogP contribution in [-0.4, -0.2) is 70.2 Å². The number of aliphatic hydroxyl groups is 3. The zero-order valence-electron chi connectivity index (χ0n) is 20.3. The van der Waals surface area contributed by atoms with E-state index in [1.807, 2.05) is 24.3 Å². The van der Waals surface area contributed by atoms with E-state index in [9.17, 15) is 24.5 Å². The smallest absolute Gasteiger partial charge is 0.318 e. The van der Waals surface area contributed by atoms with E-state index in [4.69, 9.17) is 12.6 Å². The van der Waals surface area contributed by atoms with Crippen LogP contribution < -0.4 is 10.1 Å². The van der Waals surface area contributed by atoms with E-state index in [2.05, 4.69) is 19.2 Å². The summed E-state index contributed by atoms with van der Waals surface area (Å²) in [6.07, 6.45) is -0.387. The third-order valence-electron chi connectivity index (χ3n) is 6.08. The van der Waals surface area contributed by atoms with Gasteiger partial charge in [-0.1, -0.05) is 38.1 Å². The van der Waals surface area contributed by atoms with Crippen molar-refractivity contribution < 1.29 is 29.2 Å². The standard InChI is InChI=1S/C25H33BFN3O5/c1-17(2)16-35-22-10-6-18(7-11-22)14-28-23(31)30(15-19-4-8-20(27)9-5-19)21-12-24(26,32)29(3)25(33,34)13-21/h4-11,17,21,32-34H,12-16H2,1-3H3,(H,28,31). The van der Waals surface area contributed by atoms with Crippen LogP contribution in [0.4, 0.5) is 9.18 Å². The summed E-state index contributed by atoms with van der Waals surface area (Å²) in [7, 11) is 7.19. The quantitative estimate of drug-likeness (QED) is 0.337. The number of hydrogen-bond acceptors (Lipinski definition) is 6. The molecule has 35 heavy (non-hydrogen) atoms. The topological polar surface area (TPSA) is 106 Å². The van der Waals surface area contributed by atoms with Gasteiger partial charge in [-0.15, -0.1) is 0 Å². The minimum absolute atomic E-state index is 0.0502. The number of likely N-dealkylation sites (tertiary alicyclic amines) is 1. The van der Waals surface area contributed by atoms with Crippen molar-refractivity contribution in [3.63, 3.8) is 0 Å². The molecule has 2 unspecified atom stereocenters. The first-order chi connectivity index (χ1) is 16.4. The predicted molar refractivity (Wildman–Crippen MR) is 130 cm³/mol. The van der Waals surface area contributed by atoms with Crippen LogP contribution in [0.15, 0.2) is 48.5 Å². The Bertz CT molecular complexity index is 968. The van der Waals surface area contributed by atoms with E-state index < -0.39 is 29.4 Å². The van der Waals surface area contributed by atoms with Crippen LogP contribution in [0, 0.1) is 11.7 Å². The summed E-state index contributed by atoms with van der Waals surface area (Å²) in [4.78, 5) is 15.5. The molecular formula is C25H33BFN3O5. The van der Waals surface area contributed by atoms with E-state index in [0.717, 1.165) is 16.2 Å². The Kier molecular flexibility index (Phi) is 8.43. The van der Waals surface area contributed by atoms with E-state index in [1.54, 1.807) is 12.1 Å². The highest BCUT2D eigenvalue weighted by atomic mass is 19.1. The third kappa shape index (κ3) is 7.17. The number of carbonyl (C=O) groups excluding carboxylic acids is 1. The first kappa shape index (κ1) is 26.9. The second-order valence-electron chi connectivity index (χ2n) is 9.54. The van der Waals surface area contributed by atoms with Crippen molar-refractivity contribution in [1.82, 2.24) is 15.1 Å². The predicted octanol–water partition coefficient (Wildman–Crippen LogP) is 2.12. The minimum atomic E-state index is -2.43. The normalized spacial score (nSPS) is 22.1. The van der Waals surface area contributed by atoms with Gasteiger partial charge in [0.15, 0.2) is 0 Å². The highest BCUT2D eigenvalue weighted by molar-refractivity contribution is 6.14. The van der Waals surface area contributed by atoms with Crippen LogP contribution in [0.5, 0.6) is 5.75 Å². The lowest BCUT2D eigenvalue weighted by Crippen LogP contribution is -2.68. The van der Waals surface area contributed by atoms with Gasteiger partial charge in [0.05, 0.1) is 12.2 Å². The van der Waals surface area contributed by atoms with Gasteiger partial charge in [0, 0.05) is 32.0 Å². The fourth-order valence-electron chi connectivity index (χ4n) is 3.94. The average Bonchev–Trinajstić information content (AvgIpc) is 2.79. The Morgan fingerprint density at radius 1 is 1.14 bits per heavy atom.